The molecule has 6 nitrogen and oxygen atoms in total. The Kier molecular flexibility index (Phi) is 4.66. The van der Waals surface area contributed by atoms with E-state index in [1.54, 1.807) is 0 Å². The average molecular weight is 369 g/mol. The van der Waals surface area contributed by atoms with Gasteiger partial charge in [-0.05, 0) is 49.5 Å². The molecule has 1 saturated carbocycles. The Labute approximate surface area is 159 Å². The highest BCUT2D eigenvalue weighted by molar-refractivity contribution is 6.07. The average Bonchev–Trinajstić information content (AvgIpc) is 3.49. The molecule has 27 heavy (non-hydrogen) atoms. The zero-order valence-electron chi connectivity index (χ0n) is 15.7. The van der Waals surface area contributed by atoms with E-state index >= 15 is 0 Å². The van der Waals surface area contributed by atoms with Gasteiger partial charge in [-0.25, -0.2) is 4.79 Å². The quantitative estimate of drug-likeness (QED) is 0.783. The standard InChI is InChI=1S/C21H27N3O3/c1-14(13-21(17-7-8-17)19(26)22-20(27)23-21)18(25)24-11-9-16(10-12-24)15-5-3-2-4-6-15/h2-6,14,16-17H,7-13H2,1H3,(H2,22,23,26,27). The molecule has 3 aliphatic rings. The summed E-state index contributed by atoms with van der Waals surface area (Å²) in [7, 11) is 0. The summed E-state index contributed by atoms with van der Waals surface area (Å²) in [6.45, 7) is 3.38. The van der Waals surface area contributed by atoms with E-state index in [0.717, 1.165) is 38.8 Å². The van der Waals surface area contributed by atoms with Crippen LogP contribution < -0.4 is 10.6 Å². The van der Waals surface area contributed by atoms with E-state index in [1.165, 1.54) is 5.56 Å². The number of imide groups is 1. The molecule has 144 valence electrons. The summed E-state index contributed by atoms with van der Waals surface area (Å²) in [6, 6.07) is 10.0. The van der Waals surface area contributed by atoms with Gasteiger partial charge in [-0.1, -0.05) is 37.3 Å². The lowest BCUT2D eigenvalue weighted by Crippen LogP contribution is -2.52. The number of nitrogens with zero attached hydrogens (tertiary/aromatic N) is 1. The first-order valence-corrected chi connectivity index (χ1v) is 9.97. The van der Waals surface area contributed by atoms with Crippen LogP contribution in [0.1, 0.15) is 50.5 Å². The maximum atomic E-state index is 13.0. The number of rotatable bonds is 5. The zero-order valence-corrected chi connectivity index (χ0v) is 15.7. The Morgan fingerprint density at radius 3 is 2.37 bits per heavy atom. The summed E-state index contributed by atoms with van der Waals surface area (Å²) in [5.74, 6) is 0.197. The van der Waals surface area contributed by atoms with Crippen LogP contribution in [0.3, 0.4) is 0 Å². The van der Waals surface area contributed by atoms with Crippen LogP contribution in [0.4, 0.5) is 4.79 Å². The molecule has 6 heteroatoms. The number of hydrogen-bond acceptors (Lipinski definition) is 3. The molecule has 1 aromatic rings. The molecule has 2 atom stereocenters. The number of carbonyl (C=O) groups excluding carboxylic acids is 3. The first-order valence-electron chi connectivity index (χ1n) is 9.97. The van der Waals surface area contributed by atoms with Crippen molar-refractivity contribution < 1.29 is 14.4 Å². The third-order valence-electron chi connectivity index (χ3n) is 6.37. The highest BCUT2D eigenvalue weighted by Crippen LogP contribution is 2.44. The molecule has 2 N–H and O–H groups in total. The molecule has 1 aliphatic carbocycles. The van der Waals surface area contributed by atoms with Gasteiger partial charge in [0.2, 0.25) is 5.91 Å². The lowest BCUT2D eigenvalue weighted by Gasteiger charge is -2.35. The summed E-state index contributed by atoms with van der Waals surface area (Å²) in [5, 5.41) is 5.19. The topological polar surface area (TPSA) is 78.5 Å². The fourth-order valence-electron chi connectivity index (χ4n) is 4.72. The van der Waals surface area contributed by atoms with Crippen molar-refractivity contribution in [1.82, 2.24) is 15.5 Å². The Morgan fingerprint density at radius 2 is 1.81 bits per heavy atom. The normalized spacial score (nSPS) is 27.2. The maximum Gasteiger partial charge on any atom is 0.322 e. The molecular formula is C21H27N3O3. The Bertz CT molecular complexity index is 738. The third kappa shape index (κ3) is 3.45. The van der Waals surface area contributed by atoms with Gasteiger partial charge in [0.25, 0.3) is 5.91 Å². The van der Waals surface area contributed by atoms with Crippen LogP contribution in [-0.2, 0) is 9.59 Å². The van der Waals surface area contributed by atoms with E-state index in [0.29, 0.717) is 12.3 Å². The highest BCUT2D eigenvalue weighted by Gasteiger charge is 2.56. The minimum atomic E-state index is -0.894. The molecule has 0 bridgehead atoms. The van der Waals surface area contributed by atoms with E-state index < -0.39 is 11.6 Å². The molecule has 4 amide bonds. The molecule has 2 heterocycles. The number of amides is 4. The van der Waals surface area contributed by atoms with Crippen LogP contribution in [0.15, 0.2) is 30.3 Å². The molecule has 2 saturated heterocycles. The fourth-order valence-corrected chi connectivity index (χ4v) is 4.72. The number of hydrogen-bond donors (Lipinski definition) is 2. The van der Waals surface area contributed by atoms with Gasteiger partial charge in [0.05, 0.1) is 0 Å². The fraction of sp³-hybridized carbons (Fsp3) is 0.571. The van der Waals surface area contributed by atoms with Gasteiger partial charge in [-0.3, -0.25) is 14.9 Å². The summed E-state index contributed by atoms with van der Waals surface area (Å²) in [5.41, 5.74) is 0.449. The van der Waals surface area contributed by atoms with Gasteiger partial charge in [-0.2, -0.15) is 0 Å². The van der Waals surface area contributed by atoms with Crippen molar-refractivity contribution in [3.8, 4) is 0 Å². The minimum Gasteiger partial charge on any atom is -0.342 e. The molecule has 3 fully saturated rings. The predicted molar refractivity (Wildman–Crippen MR) is 101 cm³/mol. The van der Waals surface area contributed by atoms with E-state index in [9.17, 15) is 14.4 Å². The summed E-state index contributed by atoms with van der Waals surface area (Å²) in [4.78, 5) is 39.0. The van der Waals surface area contributed by atoms with Gasteiger partial charge in [0.1, 0.15) is 5.54 Å². The smallest absolute Gasteiger partial charge is 0.322 e. The molecule has 4 rings (SSSR count). The molecule has 0 aromatic heterocycles. The van der Waals surface area contributed by atoms with Crippen molar-refractivity contribution in [2.24, 2.45) is 11.8 Å². The van der Waals surface area contributed by atoms with Crippen molar-refractivity contribution in [2.45, 2.75) is 50.5 Å². The molecular weight excluding hydrogens is 342 g/mol. The zero-order chi connectivity index (χ0) is 19.0. The monoisotopic (exact) mass is 369 g/mol. The summed E-state index contributed by atoms with van der Waals surface area (Å²) >= 11 is 0. The van der Waals surface area contributed by atoms with Crippen LogP contribution >= 0.6 is 0 Å². The van der Waals surface area contributed by atoms with Gasteiger partial charge >= 0.3 is 6.03 Å². The lowest BCUT2D eigenvalue weighted by atomic mass is 9.82. The van der Waals surface area contributed by atoms with Crippen molar-refractivity contribution in [1.29, 1.82) is 0 Å². The van der Waals surface area contributed by atoms with E-state index in [2.05, 4.69) is 34.9 Å². The van der Waals surface area contributed by atoms with Crippen LogP contribution in [0, 0.1) is 11.8 Å². The third-order valence-corrected chi connectivity index (χ3v) is 6.37. The summed E-state index contributed by atoms with van der Waals surface area (Å²) in [6.07, 6.45) is 4.17. The van der Waals surface area contributed by atoms with Crippen molar-refractivity contribution >= 4 is 17.8 Å². The number of urea groups is 1. The van der Waals surface area contributed by atoms with Gasteiger partial charge in [0, 0.05) is 19.0 Å². The second kappa shape index (κ2) is 6.98. The first kappa shape index (κ1) is 18.0. The number of carbonyl (C=O) groups is 3. The molecule has 2 unspecified atom stereocenters. The number of benzene rings is 1. The van der Waals surface area contributed by atoms with Crippen LogP contribution in [0.2, 0.25) is 0 Å². The Morgan fingerprint density at radius 1 is 1.15 bits per heavy atom. The van der Waals surface area contributed by atoms with E-state index in [-0.39, 0.29) is 23.7 Å². The molecule has 0 spiro atoms. The maximum absolute atomic E-state index is 13.0. The van der Waals surface area contributed by atoms with Crippen LogP contribution in [-0.4, -0.2) is 41.4 Å². The van der Waals surface area contributed by atoms with Gasteiger partial charge in [-0.15, -0.1) is 0 Å². The largest absolute Gasteiger partial charge is 0.342 e. The highest BCUT2D eigenvalue weighted by atomic mass is 16.2. The molecule has 1 aromatic carbocycles. The van der Waals surface area contributed by atoms with E-state index in [4.69, 9.17) is 0 Å². The second-order valence-electron chi connectivity index (χ2n) is 8.27. The molecule has 2 aliphatic heterocycles. The summed E-state index contributed by atoms with van der Waals surface area (Å²) < 4.78 is 0. The Balaban J connectivity index is 1.37. The second-order valence-corrected chi connectivity index (χ2v) is 8.27. The first-order chi connectivity index (χ1) is 13.0. The van der Waals surface area contributed by atoms with Crippen molar-refractivity contribution in [3.63, 3.8) is 0 Å². The van der Waals surface area contributed by atoms with Crippen molar-refractivity contribution in [2.75, 3.05) is 13.1 Å². The molecule has 0 radical (unpaired) electrons. The van der Waals surface area contributed by atoms with Crippen LogP contribution in [0.5, 0.6) is 0 Å². The van der Waals surface area contributed by atoms with E-state index in [1.807, 2.05) is 17.9 Å². The number of nitrogens with one attached hydrogen (secondary N) is 2. The number of likely N-dealkylation sites (tertiary alicyclic amines) is 1. The lowest BCUT2D eigenvalue weighted by molar-refractivity contribution is -0.137. The van der Waals surface area contributed by atoms with Crippen LogP contribution in [0.25, 0.3) is 0 Å². The predicted octanol–water partition coefficient (Wildman–Crippen LogP) is 2.41. The van der Waals surface area contributed by atoms with Gasteiger partial charge in [0.15, 0.2) is 0 Å². The Hall–Kier alpha value is -2.37. The number of piperidine rings is 1. The SMILES string of the molecule is CC(CC1(C2CC2)NC(=O)NC1=O)C(=O)N1CCC(c2ccccc2)CC1. The van der Waals surface area contributed by atoms with Gasteiger partial charge < -0.3 is 10.2 Å². The minimum absolute atomic E-state index is 0.0930. The van der Waals surface area contributed by atoms with Crippen molar-refractivity contribution in [3.05, 3.63) is 35.9 Å².